The summed E-state index contributed by atoms with van der Waals surface area (Å²) in [6, 6.07) is 15.5. The summed E-state index contributed by atoms with van der Waals surface area (Å²) in [5, 5.41) is 2.94. The van der Waals surface area contributed by atoms with Crippen molar-refractivity contribution in [1.29, 1.82) is 0 Å². The molecule has 0 radical (unpaired) electrons. The summed E-state index contributed by atoms with van der Waals surface area (Å²) >= 11 is 0. The van der Waals surface area contributed by atoms with Crippen LogP contribution in [-0.4, -0.2) is 28.2 Å². The van der Waals surface area contributed by atoms with Gasteiger partial charge in [-0.05, 0) is 44.5 Å². The lowest BCUT2D eigenvalue weighted by atomic mass is 10.1. The van der Waals surface area contributed by atoms with Crippen LogP contribution >= 0.6 is 0 Å². The summed E-state index contributed by atoms with van der Waals surface area (Å²) in [7, 11) is 0. The molecule has 0 aliphatic carbocycles. The van der Waals surface area contributed by atoms with Gasteiger partial charge in [0.2, 0.25) is 17.7 Å². The summed E-state index contributed by atoms with van der Waals surface area (Å²) < 4.78 is 5.68. The standard InChI is InChI=1S/C24H25N3O3/c1-15-7-9-18(10-8-15)13-27-14-20(12-22(27)28)23(29)26-21-6-4-5-19(11-21)24-25-16(2)17(3)30-24/h4-11,20H,12-14H2,1-3H3,(H,26,29). The molecule has 1 saturated heterocycles. The Kier molecular flexibility index (Phi) is 5.40. The lowest BCUT2D eigenvalue weighted by molar-refractivity contribution is -0.128. The number of benzene rings is 2. The summed E-state index contributed by atoms with van der Waals surface area (Å²) in [5.74, 6) is 0.804. The lowest BCUT2D eigenvalue weighted by Crippen LogP contribution is -2.28. The molecule has 2 amide bonds. The predicted octanol–water partition coefficient (Wildman–Crippen LogP) is 4.25. The molecule has 1 N–H and O–H groups in total. The average Bonchev–Trinajstić information content (AvgIpc) is 3.26. The molecule has 4 rings (SSSR count). The Morgan fingerprint density at radius 3 is 2.63 bits per heavy atom. The molecule has 6 nitrogen and oxygen atoms in total. The van der Waals surface area contributed by atoms with E-state index >= 15 is 0 Å². The first-order chi connectivity index (χ1) is 14.4. The highest BCUT2D eigenvalue weighted by Gasteiger charge is 2.34. The molecule has 1 aliphatic heterocycles. The number of carbonyl (C=O) groups excluding carboxylic acids is 2. The number of hydrogen-bond donors (Lipinski definition) is 1. The molecule has 0 saturated carbocycles. The van der Waals surface area contributed by atoms with E-state index in [4.69, 9.17) is 4.42 Å². The minimum absolute atomic E-state index is 0.00946. The van der Waals surface area contributed by atoms with Gasteiger partial charge in [0, 0.05) is 30.8 Å². The number of amides is 2. The number of hydrogen-bond acceptors (Lipinski definition) is 4. The second-order valence-electron chi connectivity index (χ2n) is 7.89. The molecule has 0 bridgehead atoms. The van der Waals surface area contributed by atoms with Crippen molar-refractivity contribution in [2.45, 2.75) is 33.7 Å². The number of nitrogens with one attached hydrogen (secondary N) is 1. The summed E-state index contributed by atoms with van der Waals surface area (Å²) in [4.78, 5) is 31.4. The second-order valence-corrected chi connectivity index (χ2v) is 7.89. The number of anilines is 1. The lowest BCUT2D eigenvalue weighted by Gasteiger charge is -2.17. The van der Waals surface area contributed by atoms with Gasteiger partial charge in [-0.2, -0.15) is 0 Å². The molecule has 30 heavy (non-hydrogen) atoms. The van der Waals surface area contributed by atoms with Crippen LogP contribution in [0.5, 0.6) is 0 Å². The van der Waals surface area contributed by atoms with E-state index < -0.39 is 0 Å². The first-order valence-corrected chi connectivity index (χ1v) is 10.1. The van der Waals surface area contributed by atoms with Crippen molar-refractivity contribution in [1.82, 2.24) is 9.88 Å². The quantitative estimate of drug-likeness (QED) is 0.691. The first kappa shape index (κ1) is 19.9. The van der Waals surface area contributed by atoms with Crippen LogP contribution in [0.4, 0.5) is 5.69 Å². The van der Waals surface area contributed by atoms with Crippen LogP contribution in [0.2, 0.25) is 0 Å². The van der Waals surface area contributed by atoms with E-state index in [0.29, 0.717) is 24.7 Å². The van der Waals surface area contributed by atoms with E-state index in [0.717, 1.165) is 22.6 Å². The van der Waals surface area contributed by atoms with Crippen molar-refractivity contribution >= 4 is 17.5 Å². The van der Waals surface area contributed by atoms with Crippen molar-refractivity contribution in [3.05, 3.63) is 71.1 Å². The van der Waals surface area contributed by atoms with Gasteiger partial charge in [0.05, 0.1) is 11.6 Å². The van der Waals surface area contributed by atoms with Crippen LogP contribution < -0.4 is 5.32 Å². The fourth-order valence-corrected chi connectivity index (χ4v) is 3.58. The minimum Gasteiger partial charge on any atom is -0.441 e. The van der Waals surface area contributed by atoms with Crippen molar-refractivity contribution in [2.75, 3.05) is 11.9 Å². The van der Waals surface area contributed by atoms with Gasteiger partial charge in [-0.3, -0.25) is 9.59 Å². The Balaban J connectivity index is 1.41. The minimum atomic E-state index is -0.363. The van der Waals surface area contributed by atoms with E-state index in [1.165, 1.54) is 5.56 Å². The molecule has 1 fully saturated rings. The van der Waals surface area contributed by atoms with Crippen LogP contribution in [0.15, 0.2) is 52.9 Å². The molecule has 1 atom stereocenters. The third-order valence-electron chi connectivity index (χ3n) is 5.48. The fraction of sp³-hybridized carbons (Fsp3) is 0.292. The molecule has 1 aromatic heterocycles. The first-order valence-electron chi connectivity index (χ1n) is 10.1. The number of likely N-dealkylation sites (tertiary alicyclic amines) is 1. The van der Waals surface area contributed by atoms with Gasteiger partial charge in [-0.25, -0.2) is 4.98 Å². The summed E-state index contributed by atoms with van der Waals surface area (Å²) in [5.41, 5.74) is 4.56. The monoisotopic (exact) mass is 403 g/mol. The van der Waals surface area contributed by atoms with Gasteiger partial charge in [0.1, 0.15) is 5.76 Å². The Bertz CT molecular complexity index is 1070. The Labute approximate surface area is 175 Å². The molecule has 1 aliphatic rings. The molecule has 154 valence electrons. The zero-order valence-electron chi connectivity index (χ0n) is 17.4. The van der Waals surface area contributed by atoms with Gasteiger partial charge in [-0.1, -0.05) is 35.9 Å². The summed E-state index contributed by atoms with van der Waals surface area (Å²) in [6.45, 7) is 6.76. The number of carbonyl (C=O) groups is 2. The molecular formula is C24H25N3O3. The summed E-state index contributed by atoms with van der Waals surface area (Å²) in [6.07, 6.45) is 0.232. The number of nitrogens with zero attached hydrogens (tertiary/aromatic N) is 2. The molecule has 2 aromatic carbocycles. The maximum atomic E-state index is 12.8. The second kappa shape index (κ2) is 8.14. The maximum absolute atomic E-state index is 12.8. The topological polar surface area (TPSA) is 75.4 Å². The van der Waals surface area contributed by atoms with E-state index in [1.54, 1.807) is 4.90 Å². The van der Waals surface area contributed by atoms with E-state index in [9.17, 15) is 9.59 Å². The smallest absolute Gasteiger partial charge is 0.229 e. The molecule has 1 unspecified atom stereocenters. The molecular weight excluding hydrogens is 378 g/mol. The SMILES string of the molecule is Cc1ccc(CN2CC(C(=O)Nc3cccc(-c4nc(C)c(C)o4)c3)CC2=O)cc1. The van der Waals surface area contributed by atoms with E-state index in [1.807, 2.05) is 69.3 Å². The Hall–Kier alpha value is -3.41. The zero-order chi connectivity index (χ0) is 21.3. The predicted molar refractivity (Wildman–Crippen MR) is 115 cm³/mol. The van der Waals surface area contributed by atoms with Gasteiger partial charge < -0.3 is 14.6 Å². The third kappa shape index (κ3) is 4.27. The van der Waals surface area contributed by atoms with Crippen LogP contribution in [-0.2, 0) is 16.1 Å². The highest BCUT2D eigenvalue weighted by molar-refractivity contribution is 5.97. The van der Waals surface area contributed by atoms with Crippen molar-refractivity contribution < 1.29 is 14.0 Å². The third-order valence-corrected chi connectivity index (χ3v) is 5.48. The van der Waals surface area contributed by atoms with Crippen LogP contribution in [0.25, 0.3) is 11.5 Å². The van der Waals surface area contributed by atoms with Crippen LogP contribution in [0.3, 0.4) is 0 Å². The van der Waals surface area contributed by atoms with Crippen LogP contribution in [0.1, 0.15) is 29.0 Å². The fourth-order valence-electron chi connectivity index (χ4n) is 3.58. The normalized spacial score (nSPS) is 16.2. The number of aryl methyl sites for hydroxylation is 3. The number of oxazole rings is 1. The zero-order valence-corrected chi connectivity index (χ0v) is 17.4. The Morgan fingerprint density at radius 1 is 1.17 bits per heavy atom. The van der Waals surface area contributed by atoms with Gasteiger partial charge in [0.25, 0.3) is 0 Å². The molecule has 3 aromatic rings. The van der Waals surface area contributed by atoms with Crippen molar-refractivity contribution in [3.63, 3.8) is 0 Å². The molecule has 0 spiro atoms. The van der Waals surface area contributed by atoms with Gasteiger partial charge in [-0.15, -0.1) is 0 Å². The maximum Gasteiger partial charge on any atom is 0.229 e. The number of aromatic nitrogens is 1. The number of rotatable bonds is 5. The molecule has 2 heterocycles. The van der Waals surface area contributed by atoms with Crippen molar-refractivity contribution in [3.8, 4) is 11.5 Å². The average molecular weight is 403 g/mol. The highest BCUT2D eigenvalue weighted by atomic mass is 16.4. The molecule has 6 heteroatoms. The highest BCUT2D eigenvalue weighted by Crippen LogP contribution is 2.26. The van der Waals surface area contributed by atoms with Gasteiger partial charge >= 0.3 is 0 Å². The Morgan fingerprint density at radius 2 is 1.93 bits per heavy atom. The van der Waals surface area contributed by atoms with Crippen molar-refractivity contribution in [2.24, 2.45) is 5.92 Å². The van der Waals surface area contributed by atoms with E-state index in [2.05, 4.69) is 10.3 Å². The van der Waals surface area contributed by atoms with Crippen LogP contribution in [0, 0.1) is 26.7 Å². The largest absolute Gasteiger partial charge is 0.441 e. The van der Waals surface area contributed by atoms with Gasteiger partial charge in [0.15, 0.2) is 0 Å². The van der Waals surface area contributed by atoms with E-state index in [-0.39, 0.29) is 24.2 Å².